The molecule has 0 spiro atoms. The summed E-state index contributed by atoms with van der Waals surface area (Å²) in [6, 6.07) is 4.04. The van der Waals surface area contributed by atoms with Gasteiger partial charge in [0.1, 0.15) is 6.54 Å². The van der Waals surface area contributed by atoms with Crippen LogP contribution in [0, 0.1) is 0 Å². The second-order valence-corrected chi connectivity index (χ2v) is 6.44. The number of aliphatic carboxylic acids is 1. The number of halogens is 1. The molecular weight excluding hydrogens is 412 g/mol. The molecule has 0 saturated carbocycles. The fourth-order valence-electron chi connectivity index (χ4n) is 2.91. The van der Waals surface area contributed by atoms with Crippen LogP contribution in [0.25, 0.3) is 0 Å². The van der Waals surface area contributed by atoms with Crippen molar-refractivity contribution in [1.82, 2.24) is 9.80 Å². The van der Waals surface area contributed by atoms with Gasteiger partial charge in [-0.1, -0.05) is 0 Å². The molecule has 1 aromatic carbocycles. The molecule has 0 saturated heterocycles. The number of hydrogen-bond donors (Lipinski definition) is 3. The maximum Gasteiger partial charge on any atom is 0.335 e. The number of allylic oxidation sites excluding steroid dienone is 6. The Labute approximate surface area is 178 Å². The number of carbonyl (C=O) groups is 3. The molecule has 0 amide bonds. The Balaban J connectivity index is 0.00000320. The summed E-state index contributed by atoms with van der Waals surface area (Å²) in [7, 11) is 0. The minimum absolute atomic E-state index is 0. The highest BCUT2D eigenvalue weighted by molar-refractivity contribution is 5.94. The third-order valence-electron chi connectivity index (χ3n) is 4.29. The van der Waals surface area contributed by atoms with E-state index >= 15 is 0 Å². The van der Waals surface area contributed by atoms with Gasteiger partial charge in [0.25, 0.3) is 0 Å². The van der Waals surface area contributed by atoms with Crippen LogP contribution in [0.3, 0.4) is 0 Å². The number of hydrogen-bond acceptors (Lipinski definition) is 5. The lowest BCUT2D eigenvalue weighted by Crippen LogP contribution is -2.20. The largest absolute Gasteiger partial charge is 0.480 e. The highest BCUT2D eigenvalue weighted by Crippen LogP contribution is 2.21. The summed E-state index contributed by atoms with van der Waals surface area (Å²) in [4.78, 5) is 36.6. The van der Waals surface area contributed by atoms with Crippen LogP contribution in [0.15, 0.2) is 78.4 Å². The Morgan fingerprint density at radius 3 is 1.53 bits per heavy atom. The molecule has 0 aliphatic carbocycles. The maximum atomic E-state index is 11.2. The van der Waals surface area contributed by atoms with E-state index in [9.17, 15) is 24.6 Å². The van der Waals surface area contributed by atoms with Crippen LogP contribution in [0.4, 0.5) is 0 Å². The Morgan fingerprint density at radius 1 is 0.700 bits per heavy atom. The van der Waals surface area contributed by atoms with E-state index in [0.29, 0.717) is 12.1 Å². The molecule has 0 fully saturated rings. The summed E-state index contributed by atoms with van der Waals surface area (Å²) in [5.41, 5.74) is 2.26. The first-order valence-corrected chi connectivity index (χ1v) is 8.63. The molecule has 3 rings (SSSR count). The lowest BCUT2D eigenvalue weighted by atomic mass is 10.0. The number of carboxylic acid groups (broad SMARTS) is 3. The minimum Gasteiger partial charge on any atom is -0.480 e. The normalized spacial score (nSPS) is 14.7. The summed E-state index contributed by atoms with van der Waals surface area (Å²) >= 11 is 0. The van der Waals surface area contributed by atoms with Crippen LogP contribution in [-0.4, -0.2) is 49.6 Å². The fraction of sp³-hybridized carbons (Fsp3) is 0.0952. The van der Waals surface area contributed by atoms with E-state index in [1.54, 1.807) is 17.3 Å². The smallest absolute Gasteiger partial charge is 0.335 e. The highest BCUT2D eigenvalue weighted by atomic mass is 35.5. The monoisotopic (exact) mass is 430 g/mol. The SMILES string of the molecule is Cl.O=C(O)CN1C=CC(=C2C=CN(Cc3cc(C(=O)O)cc(C(=O)O)c3)C=C2)C=C1. The molecule has 0 radical (unpaired) electrons. The van der Waals surface area contributed by atoms with Crippen molar-refractivity contribution in [3.63, 3.8) is 0 Å². The second kappa shape index (κ2) is 9.62. The molecule has 156 valence electrons. The lowest BCUT2D eigenvalue weighted by Gasteiger charge is -2.21. The van der Waals surface area contributed by atoms with Crippen molar-refractivity contribution in [2.45, 2.75) is 6.54 Å². The number of benzene rings is 1. The van der Waals surface area contributed by atoms with Crippen molar-refractivity contribution in [2.75, 3.05) is 6.54 Å². The van der Waals surface area contributed by atoms with E-state index in [0.717, 1.165) is 17.2 Å². The molecule has 2 heterocycles. The predicted octanol–water partition coefficient (Wildman–Crippen LogP) is 3.07. The standard InChI is InChI=1S/C21H18N2O6.ClH/c24-19(25)13-23-7-3-16(4-8-23)15-1-5-22(6-2-15)12-14-9-17(20(26)27)11-18(10-14)21(28)29;/h1-11H,12-13H2,(H,24,25)(H,26,27)(H,28,29);1H. The average Bonchev–Trinajstić information content (AvgIpc) is 2.68. The zero-order valence-electron chi connectivity index (χ0n) is 15.6. The van der Waals surface area contributed by atoms with Gasteiger partial charge < -0.3 is 25.1 Å². The highest BCUT2D eigenvalue weighted by Gasteiger charge is 2.13. The van der Waals surface area contributed by atoms with Crippen LogP contribution in [0.1, 0.15) is 26.3 Å². The quantitative estimate of drug-likeness (QED) is 0.630. The zero-order chi connectivity index (χ0) is 21.0. The molecular formula is C21H19ClN2O6. The van der Waals surface area contributed by atoms with Gasteiger partial charge in [0.05, 0.1) is 11.1 Å². The lowest BCUT2D eigenvalue weighted by molar-refractivity contribution is -0.137. The fourth-order valence-corrected chi connectivity index (χ4v) is 2.91. The first-order valence-electron chi connectivity index (χ1n) is 8.63. The topological polar surface area (TPSA) is 118 Å². The Morgan fingerprint density at radius 2 is 1.13 bits per heavy atom. The Kier molecular flexibility index (Phi) is 7.22. The number of rotatable bonds is 6. The third kappa shape index (κ3) is 5.62. The van der Waals surface area contributed by atoms with E-state index < -0.39 is 17.9 Å². The number of nitrogens with zero attached hydrogens (tertiary/aromatic N) is 2. The van der Waals surface area contributed by atoms with E-state index in [4.69, 9.17) is 5.11 Å². The van der Waals surface area contributed by atoms with Crippen molar-refractivity contribution >= 4 is 30.3 Å². The van der Waals surface area contributed by atoms with Gasteiger partial charge in [0.2, 0.25) is 0 Å². The van der Waals surface area contributed by atoms with Gasteiger partial charge in [0.15, 0.2) is 0 Å². The molecule has 2 aliphatic heterocycles. The average molecular weight is 431 g/mol. The minimum atomic E-state index is -1.18. The molecule has 0 atom stereocenters. The van der Waals surface area contributed by atoms with Crippen LogP contribution >= 0.6 is 12.4 Å². The number of aromatic carboxylic acids is 2. The maximum absolute atomic E-state index is 11.2. The van der Waals surface area contributed by atoms with E-state index in [1.807, 2.05) is 41.6 Å². The van der Waals surface area contributed by atoms with Gasteiger partial charge in [-0.2, -0.15) is 0 Å². The Bertz CT molecular complexity index is 958. The molecule has 30 heavy (non-hydrogen) atoms. The van der Waals surface area contributed by atoms with Gasteiger partial charge in [-0.3, -0.25) is 4.79 Å². The summed E-state index contributed by atoms with van der Waals surface area (Å²) in [5.74, 6) is -3.28. The van der Waals surface area contributed by atoms with Crippen LogP contribution in [-0.2, 0) is 11.3 Å². The van der Waals surface area contributed by atoms with Crippen molar-refractivity contribution in [3.05, 3.63) is 95.1 Å². The molecule has 1 aromatic rings. The molecule has 0 unspecified atom stereocenters. The van der Waals surface area contributed by atoms with E-state index in [2.05, 4.69) is 0 Å². The van der Waals surface area contributed by atoms with E-state index in [1.165, 1.54) is 12.1 Å². The molecule has 3 N–H and O–H groups in total. The third-order valence-corrected chi connectivity index (χ3v) is 4.29. The van der Waals surface area contributed by atoms with Crippen molar-refractivity contribution in [2.24, 2.45) is 0 Å². The summed E-state index contributed by atoms with van der Waals surface area (Å²) in [6.07, 6.45) is 14.4. The van der Waals surface area contributed by atoms with Gasteiger partial charge in [0, 0.05) is 31.3 Å². The second-order valence-electron chi connectivity index (χ2n) is 6.44. The number of carboxylic acids is 3. The molecule has 0 bridgehead atoms. The van der Waals surface area contributed by atoms with Gasteiger partial charge >= 0.3 is 17.9 Å². The zero-order valence-corrected chi connectivity index (χ0v) is 16.5. The molecule has 8 nitrogen and oxygen atoms in total. The van der Waals surface area contributed by atoms with E-state index in [-0.39, 0.29) is 30.1 Å². The summed E-state index contributed by atoms with van der Waals surface area (Å²) in [5, 5.41) is 27.2. The summed E-state index contributed by atoms with van der Waals surface area (Å²) < 4.78 is 0. The predicted molar refractivity (Wildman–Crippen MR) is 111 cm³/mol. The summed E-state index contributed by atoms with van der Waals surface area (Å²) in [6.45, 7) is 0.206. The van der Waals surface area contributed by atoms with Gasteiger partial charge in [-0.25, -0.2) is 9.59 Å². The first-order chi connectivity index (χ1) is 13.8. The Hall–Kier alpha value is -3.78. The van der Waals surface area contributed by atoms with Crippen LogP contribution in [0.5, 0.6) is 0 Å². The van der Waals surface area contributed by atoms with Gasteiger partial charge in [-0.15, -0.1) is 12.4 Å². The van der Waals surface area contributed by atoms with Gasteiger partial charge in [-0.05, 0) is 59.2 Å². The van der Waals surface area contributed by atoms with Crippen molar-refractivity contribution in [1.29, 1.82) is 0 Å². The molecule has 2 aliphatic rings. The first kappa shape index (κ1) is 22.5. The van der Waals surface area contributed by atoms with Crippen LogP contribution < -0.4 is 0 Å². The van der Waals surface area contributed by atoms with Crippen LogP contribution in [0.2, 0.25) is 0 Å². The van der Waals surface area contributed by atoms with Crippen molar-refractivity contribution < 1.29 is 29.7 Å². The van der Waals surface area contributed by atoms with Crippen molar-refractivity contribution in [3.8, 4) is 0 Å². The molecule has 0 aromatic heterocycles. The molecule has 9 heteroatoms.